The van der Waals surface area contributed by atoms with Crippen molar-refractivity contribution >= 4 is 17.5 Å². The molecule has 0 aliphatic carbocycles. The molecule has 0 saturated carbocycles. The van der Waals surface area contributed by atoms with Gasteiger partial charge in [0.05, 0.1) is 6.04 Å². The summed E-state index contributed by atoms with van der Waals surface area (Å²) in [4.78, 5) is 18.6. The van der Waals surface area contributed by atoms with E-state index in [1.165, 1.54) is 6.33 Å². The van der Waals surface area contributed by atoms with Crippen LogP contribution in [0.15, 0.2) is 36.9 Å². The molecule has 1 aromatic heterocycles. The molecule has 2 unspecified atom stereocenters. The molecule has 0 bridgehead atoms. The molecule has 22 heavy (non-hydrogen) atoms. The van der Waals surface area contributed by atoms with Crippen molar-refractivity contribution in [1.29, 1.82) is 0 Å². The molecule has 1 amide bonds. The van der Waals surface area contributed by atoms with Gasteiger partial charge in [0.25, 0.3) is 0 Å². The number of halogens is 1. The Hall–Kier alpha value is -1.92. The van der Waals surface area contributed by atoms with E-state index in [9.17, 15) is 4.79 Å². The Morgan fingerprint density at radius 3 is 3.00 bits per heavy atom. The summed E-state index contributed by atoms with van der Waals surface area (Å²) in [6.45, 7) is 3.95. The van der Waals surface area contributed by atoms with Crippen molar-refractivity contribution in [2.24, 2.45) is 0 Å². The lowest BCUT2D eigenvalue weighted by Gasteiger charge is -2.38. The van der Waals surface area contributed by atoms with Crippen LogP contribution in [-0.2, 0) is 4.79 Å². The van der Waals surface area contributed by atoms with Gasteiger partial charge in [0.1, 0.15) is 18.7 Å². The Morgan fingerprint density at radius 2 is 2.27 bits per heavy atom. The smallest absolute Gasteiger partial charge is 0.247 e. The molecule has 116 valence electrons. The molecular weight excluding hydrogens is 302 g/mol. The maximum absolute atomic E-state index is 12.9. The first-order chi connectivity index (χ1) is 10.7. The van der Waals surface area contributed by atoms with Gasteiger partial charge in [0.2, 0.25) is 5.91 Å². The van der Waals surface area contributed by atoms with E-state index in [4.69, 9.17) is 11.6 Å². The van der Waals surface area contributed by atoms with Gasteiger partial charge in [-0.15, -0.1) is 0 Å². The Morgan fingerprint density at radius 1 is 1.45 bits per heavy atom. The summed E-state index contributed by atoms with van der Waals surface area (Å²) < 4.78 is 1.58. The van der Waals surface area contributed by atoms with Crippen LogP contribution < -0.4 is 5.32 Å². The lowest BCUT2D eigenvalue weighted by atomic mass is 10.0. The molecule has 1 aliphatic heterocycles. The average molecular weight is 320 g/mol. The molecule has 3 rings (SSSR count). The van der Waals surface area contributed by atoms with Crippen LogP contribution in [0.1, 0.15) is 24.6 Å². The largest absolute Gasteiger partial charge is 0.331 e. The van der Waals surface area contributed by atoms with Crippen LogP contribution in [0.2, 0.25) is 5.02 Å². The van der Waals surface area contributed by atoms with Gasteiger partial charge in [-0.2, -0.15) is 5.10 Å². The number of piperazine rings is 1. The fraction of sp³-hybridized carbons (Fsp3) is 0.400. The van der Waals surface area contributed by atoms with Crippen LogP contribution in [0, 0.1) is 0 Å². The minimum atomic E-state index is -0.384. The Kier molecular flexibility index (Phi) is 4.40. The number of carbonyl (C=O) groups excluding carboxylic acids is 1. The molecule has 6 nitrogen and oxygen atoms in total. The summed E-state index contributed by atoms with van der Waals surface area (Å²) in [5.41, 5.74) is 0.968. The minimum absolute atomic E-state index is 0.0249. The molecule has 2 atom stereocenters. The number of hydrogen-bond donors (Lipinski definition) is 1. The van der Waals surface area contributed by atoms with E-state index < -0.39 is 0 Å². The molecule has 1 N–H and O–H groups in total. The second-order valence-electron chi connectivity index (χ2n) is 5.32. The third kappa shape index (κ3) is 2.84. The third-order valence-electron chi connectivity index (χ3n) is 3.98. The first-order valence-electron chi connectivity index (χ1n) is 7.28. The third-order valence-corrected chi connectivity index (χ3v) is 4.33. The van der Waals surface area contributed by atoms with E-state index in [2.05, 4.69) is 15.4 Å². The SMILES string of the molecule is CC(C(=O)N1CCNCC1c1ccccc1Cl)n1cncn1. The molecule has 7 heteroatoms. The Labute approximate surface area is 134 Å². The van der Waals surface area contributed by atoms with Gasteiger partial charge in [-0.1, -0.05) is 29.8 Å². The van der Waals surface area contributed by atoms with Crippen molar-refractivity contribution < 1.29 is 4.79 Å². The van der Waals surface area contributed by atoms with Crippen LogP contribution in [0.25, 0.3) is 0 Å². The summed E-state index contributed by atoms with van der Waals surface area (Å²) in [7, 11) is 0. The average Bonchev–Trinajstić information content (AvgIpc) is 3.08. The number of carbonyl (C=O) groups is 1. The molecule has 0 spiro atoms. The fourth-order valence-electron chi connectivity index (χ4n) is 2.76. The number of benzene rings is 1. The zero-order valence-corrected chi connectivity index (χ0v) is 13.1. The van der Waals surface area contributed by atoms with Gasteiger partial charge in [0.15, 0.2) is 0 Å². The van der Waals surface area contributed by atoms with Crippen LogP contribution in [-0.4, -0.2) is 45.2 Å². The van der Waals surface area contributed by atoms with Crippen molar-refractivity contribution in [3.63, 3.8) is 0 Å². The van der Waals surface area contributed by atoms with Gasteiger partial charge < -0.3 is 10.2 Å². The molecule has 2 heterocycles. The summed E-state index contributed by atoms with van der Waals surface area (Å²) in [5, 5.41) is 8.08. The quantitative estimate of drug-likeness (QED) is 0.934. The van der Waals surface area contributed by atoms with Gasteiger partial charge >= 0.3 is 0 Å². The maximum Gasteiger partial charge on any atom is 0.247 e. The fourth-order valence-corrected chi connectivity index (χ4v) is 3.02. The summed E-state index contributed by atoms with van der Waals surface area (Å²) in [6.07, 6.45) is 3.00. The first kappa shape index (κ1) is 15.0. The number of amides is 1. The van der Waals surface area contributed by atoms with E-state index in [-0.39, 0.29) is 18.0 Å². The minimum Gasteiger partial charge on any atom is -0.331 e. The van der Waals surface area contributed by atoms with Crippen LogP contribution in [0.4, 0.5) is 0 Å². The molecule has 2 aromatic rings. The molecule has 1 saturated heterocycles. The van der Waals surface area contributed by atoms with Crippen LogP contribution >= 0.6 is 11.6 Å². The maximum atomic E-state index is 12.9. The van der Waals surface area contributed by atoms with Crippen molar-refractivity contribution in [1.82, 2.24) is 25.0 Å². The second-order valence-corrected chi connectivity index (χ2v) is 5.73. The van der Waals surface area contributed by atoms with E-state index in [1.54, 1.807) is 11.0 Å². The van der Waals surface area contributed by atoms with Crippen molar-refractivity contribution in [2.75, 3.05) is 19.6 Å². The molecule has 0 radical (unpaired) electrons. The highest BCUT2D eigenvalue weighted by Gasteiger charge is 2.32. The van der Waals surface area contributed by atoms with E-state index in [0.717, 1.165) is 12.1 Å². The lowest BCUT2D eigenvalue weighted by molar-refractivity contribution is -0.138. The first-order valence-corrected chi connectivity index (χ1v) is 7.66. The predicted octanol–water partition coefficient (Wildman–Crippen LogP) is 1.67. The topological polar surface area (TPSA) is 63.1 Å². The van der Waals surface area contributed by atoms with Gasteiger partial charge in [-0.3, -0.25) is 4.79 Å². The number of nitrogens with zero attached hydrogens (tertiary/aromatic N) is 4. The molecule has 1 aliphatic rings. The monoisotopic (exact) mass is 319 g/mol. The van der Waals surface area contributed by atoms with Crippen molar-refractivity contribution in [3.05, 3.63) is 47.5 Å². The number of rotatable bonds is 3. The predicted molar refractivity (Wildman–Crippen MR) is 83.5 cm³/mol. The zero-order valence-electron chi connectivity index (χ0n) is 12.3. The number of aromatic nitrogens is 3. The molecule has 1 fully saturated rings. The van der Waals surface area contributed by atoms with E-state index in [0.29, 0.717) is 18.1 Å². The molecular formula is C15H18ClN5O. The summed E-state index contributed by atoms with van der Waals surface area (Å²) in [6, 6.07) is 7.22. The number of hydrogen-bond acceptors (Lipinski definition) is 4. The van der Waals surface area contributed by atoms with E-state index in [1.807, 2.05) is 36.1 Å². The molecule has 1 aromatic carbocycles. The van der Waals surface area contributed by atoms with Gasteiger partial charge in [-0.25, -0.2) is 9.67 Å². The highest BCUT2D eigenvalue weighted by Crippen LogP contribution is 2.29. The normalized spacial score (nSPS) is 19.9. The lowest BCUT2D eigenvalue weighted by Crippen LogP contribution is -2.50. The van der Waals surface area contributed by atoms with E-state index >= 15 is 0 Å². The van der Waals surface area contributed by atoms with Crippen molar-refractivity contribution in [2.45, 2.75) is 19.0 Å². The standard InChI is InChI=1S/C15H18ClN5O/c1-11(21-10-18-9-19-21)15(22)20-7-6-17-8-14(20)12-4-2-3-5-13(12)16/h2-5,9-11,14,17H,6-8H2,1H3. The van der Waals surface area contributed by atoms with Gasteiger partial charge in [0, 0.05) is 24.7 Å². The number of nitrogens with one attached hydrogen (secondary N) is 1. The highest BCUT2D eigenvalue weighted by atomic mass is 35.5. The van der Waals surface area contributed by atoms with Crippen molar-refractivity contribution in [3.8, 4) is 0 Å². The Bertz CT molecular complexity index is 645. The second kappa shape index (κ2) is 6.46. The van der Waals surface area contributed by atoms with Crippen LogP contribution in [0.5, 0.6) is 0 Å². The van der Waals surface area contributed by atoms with Crippen LogP contribution in [0.3, 0.4) is 0 Å². The summed E-state index contributed by atoms with van der Waals surface area (Å²) in [5.74, 6) is 0.0249. The highest BCUT2D eigenvalue weighted by molar-refractivity contribution is 6.31. The Balaban J connectivity index is 1.87. The zero-order chi connectivity index (χ0) is 15.5. The van der Waals surface area contributed by atoms with Gasteiger partial charge in [-0.05, 0) is 18.6 Å². The summed E-state index contributed by atoms with van der Waals surface area (Å²) >= 11 is 6.31.